The molecule has 18 heavy (non-hydrogen) atoms. The summed E-state index contributed by atoms with van der Waals surface area (Å²) < 4.78 is 0. The Kier molecular flexibility index (Phi) is 3.65. The summed E-state index contributed by atoms with van der Waals surface area (Å²) in [7, 11) is 0. The van der Waals surface area contributed by atoms with E-state index in [0.717, 1.165) is 12.1 Å². The topological polar surface area (TPSA) is 49.4 Å². The van der Waals surface area contributed by atoms with Crippen molar-refractivity contribution in [2.45, 2.75) is 38.8 Å². The molecule has 1 aromatic rings. The van der Waals surface area contributed by atoms with E-state index in [1.807, 2.05) is 44.2 Å². The van der Waals surface area contributed by atoms with Gasteiger partial charge in [-0.3, -0.25) is 14.5 Å². The Balaban J connectivity index is 2.09. The summed E-state index contributed by atoms with van der Waals surface area (Å²) in [4.78, 5) is 25.4. The van der Waals surface area contributed by atoms with Crippen LogP contribution in [0.25, 0.3) is 0 Å². The van der Waals surface area contributed by atoms with Crippen LogP contribution >= 0.6 is 0 Å². The van der Waals surface area contributed by atoms with Gasteiger partial charge >= 0.3 is 0 Å². The number of imide groups is 1. The van der Waals surface area contributed by atoms with Gasteiger partial charge in [-0.15, -0.1) is 0 Å². The largest absolute Gasteiger partial charge is 0.373 e. The van der Waals surface area contributed by atoms with Crippen molar-refractivity contribution < 1.29 is 9.59 Å². The van der Waals surface area contributed by atoms with E-state index < -0.39 is 6.04 Å². The SMILES string of the molecule is CCC(C)N1C(=O)CC(Nc2ccccc2)C1=O. The molecule has 0 saturated carbocycles. The van der Waals surface area contributed by atoms with Crippen LogP contribution in [0.2, 0.25) is 0 Å². The van der Waals surface area contributed by atoms with Crippen LogP contribution in [0.3, 0.4) is 0 Å². The van der Waals surface area contributed by atoms with Gasteiger partial charge in [0.05, 0.1) is 6.42 Å². The Morgan fingerprint density at radius 3 is 2.61 bits per heavy atom. The van der Waals surface area contributed by atoms with Crippen molar-refractivity contribution in [1.82, 2.24) is 4.90 Å². The van der Waals surface area contributed by atoms with Crippen molar-refractivity contribution in [3.63, 3.8) is 0 Å². The number of hydrogen-bond donors (Lipinski definition) is 1. The molecule has 0 aliphatic carbocycles. The molecule has 4 heteroatoms. The zero-order valence-electron chi connectivity index (χ0n) is 10.7. The molecule has 2 amide bonds. The predicted molar refractivity (Wildman–Crippen MR) is 70.1 cm³/mol. The third kappa shape index (κ3) is 2.37. The second-order valence-electron chi connectivity index (χ2n) is 4.63. The van der Waals surface area contributed by atoms with Crippen LogP contribution in [0.15, 0.2) is 30.3 Å². The van der Waals surface area contributed by atoms with Gasteiger partial charge in [-0.25, -0.2) is 0 Å². The number of amides is 2. The minimum Gasteiger partial charge on any atom is -0.373 e. The Bertz CT molecular complexity index is 444. The molecule has 0 bridgehead atoms. The summed E-state index contributed by atoms with van der Waals surface area (Å²) in [6.07, 6.45) is 1.04. The molecular weight excluding hydrogens is 228 g/mol. The first-order chi connectivity index (χ1) is 8.63. The van der Waals surface area contributed by atoms with Gasteiger partial charge in [0.15, 0.2) is 0 Å². The summed E-state index contributed by atoms with van der Waals surface area (Å²) in [5.41, 5.74) is 0.870. The molecule has 1 saturated heterocycles. The highest BCUT2D eigenvalue weighted by Gasteiger charge is 2.40. The smallest absolute Gasteiger partial charge is 0.252 e. The molecule has 1 aliphatic rings. The zero-order valence-corrected chi connectivity index (χ0v) is 10.7. The average molecular weight is 246 g/mol. The minimum atomic E-state index is -0.422. The molecule has 0 spiro atoms. The third-order valence-corrected chi connectivity index (χ3v) is 3.33. The average Bonchev–Trinajstić information content (AvgIpc) is 2.65. The zero-order chi connectivity index (χ0) is 13.1. The molecule has 2 rings (SSSR count). The molecule has 0 aromatic heterocycles. The highest BCUT2D eigenvalue weighted by molar-refractivity contribution is 6.07. The lowest BCUT2D eigenvalue weighted by atomic mass is 10.2. The van der Waals surface area contributed by atoms with Crippen molar-refractivity contribution in [1.29, 1.82) is 0 Å². The first-order valence-corrected chi connectivity index (χ1v) is 6.31. The first kappa shape index (κ1) is 12.6. The fourth-order valence-corrected chi connectivity index (χ4v) is 2.15. The molecule has 1 N–H and O–H groups in total. The second-order valence-corrected chi connectivity index (χ2v) is 4.63. The number of carbonyl (C=O) groups is 2. The molecule has 4 nitrogen and oxygen atoms in total. The van der Waals surface area contributed by atoms with Crippen molar-refractivity contribution in [3.05, 3.63) is 30.3 Å². The summed E-state index contributed by atoms with van der Waals surface area (Å²) in [6, 6.07) is 9.05. The van der Waals surface area contributed by atoms with Crippen molar-refractivity contribution in [3.8, 4) is 0 Å². The van der Waals surface area contributed by atoms with Crippen LogP contribution in [0, 0.1) is 0 Å². The summed E-state index contributed by atoms with van der Waals surface area (Å²) in [6.45, 7) is 3.88. The Labute approximate surface area is 107 Å². The number of likely N-dealkylation sites (tertiary alicyclic amines) is 1. The van der Waals surface area contributed by atoms with Gasteiger partial charge in [0.2, 0.25) is 5.91 Å². The van der Waals surface area contributed by atoms with E-state index in [1.54, 1.807) is 0 Å². The number of rotatable bonds is 4. The van der Waals surface area contributed by atoms with Crippen LogP contribution in [0.5, 0.6) is 0 Å². The standard InChI is InChI=1S/C14H18N2O2/c1-3-10(2)16-13(17)9-12(14(16)18)15-11-7-5-4-6-8-11/h4-8,10,12,15H,3,9H2,1-2H3. The normalized spacial score (nSPS) is 21.2. The molecule has 0 radical (unpaired) electrons. The lowest BCUT2D eigenvalue weighted by Crippen LogP contribution is -2.40. The van der Waals surface area contributed by atoms with Gasteiger partial charge in [0.1, 0.15) is 6.04 Å². The van der Waals surface area contributed by atoms with Gasteiger partial charge in [0.25, 0.3) is 5.91 Å². The highest BCUT2D eigenvalue weighted by atomic mass is 16.2. The number of hydrogen-bond acceptors (Lipinski definition) is 3. The highest BCUT2D eigenvalue weighted by Crippen LogP contribution is 2.21. The van der Waals surface area contributed by atoms with Crippen LogP contribution in [0.4, 0.5) is 5.69 Å². The van der Waals surface area contributed by atoms with E-state index in [0.29, 0.717) is 0 Å². The second kappa shape index (κ2) is 5.21. The van der Waals surface area contributed by atoms with Gasteiger partial charge in [0, 0.05) is 11.7 Å². The lowest BCUT2D eigenvalue weighted by molar-refractivity contribution is -0.140. The summed E-state index contributed by atoms with van der Waals surface area (Å²) >= 11 is 0. The predicted octanol–water partition coefficient (Wildman–Crippen LogP) is 2.02. The van der Waals surface area contributed by atoms with E-state index in [4.69, 9.17) is 0 Å². The Morgan fingerprint density at radius 2 is 2.00 bits per heavy atom. The van der Waals surface area contributed by atoms with Gasteiger partial charge < -0.3 is 5.32 Å². The van der Waals surface area contributed by atoms with E-state index >= 15 is 0 Å². The number of anilines is 1. The van der Waals surface area contributed by atoms with Crippen LogP contribution in [-0.2, 0) is 9.59 Å². The molecule has 1 aromatic carbocycles. The van der Waals surface area contributed by atoms with Crippen LogP contribution < -0.4 is 5.32 Å². The molecule has 96 valence electrons. The molecular formula is C14H18N2O2. The maximum atomic E-state index is 12.2. The maximum absolute atomic E-state index is 12.2. The maximum Gasteiger partial charge on any atom is 0.252 e. The van der Waals surface area contributed by atoms with Crippen molar-refractivity contribution >= 4 is 17.5 Å². The lowest BCUT2D eigenvalue weighted by Gasteiger charge is -2.21. The van der Waals surface area contributed by atoms with Crippen molar-refractivity contribution in [2.75, 3.05) is 5.32 Å². The first-order valence-electron chi connectivity index (χ1n) is 6.31. The third-order valence-electron chi connectivity index (χ3n) is 3.33. The number of carbonyl (C=O) groups excluding carboxylic acids is 2. The Hall–Kier alpha value is -1.84. The van der Waals surface area contributed by atoms with Crippen molar-refractivity contribution in [2.24, 2.45) is 0 Å². The fraction of sp³-hybridized carbons (Fsp3) is 0.429. The number of para-hydroxylation sites is 1. The van der Waals surface area contributed by atoms with E-state index in [2.05, 4.69) is 5.32 Å². The van der Waals surface area contributed by atoms with E-state index in [1.165, 1.54) is 4.90 Å². The number of nitrogens with zero attached hydrogens (tertiary/aromatic N) is 1. The van der Waals surface area contributed by atoms with Crippen LogP contribution in [-0.4, -0.2) is 28.8 Å². The van der Waals surface area contributed by atoms with Gasteiger partial charge in [-0.05, 0) is 25.5 Å². The molecule has 1 fully saturated rings. The quantitative estimate of drug-likeness (QED) is 0.827. The fourth-order valence-electron chi connectivity index (χ4n) is 2.15. The summed E-state index contributed by atoms with van der Waals surface area (Å²) in [5.74, 6) is -0.194. The van der Waals surface area contributed by atoms with Gasteiger partial charge in [-0.2, -0.15) is 0 Å². The molecule has 2 unspecified atom stereocenters. The molecule has 1 heterocycles. The Morgan fingerprint density at radius 1 is 1.33 bits per heavy atom. The molecule has 1 aliphatic heterocycles. The molecule has 2 atom stereocenters. The van der Waals surface area contributed by atoms with Gasteiger partial charge in [-0.1, -0.05) is 25.1 Å². The minimum absolute atomic E-state index is 0.0208. The van der Waals surface area contributed by atoms with Crippen LogP contribution in [0.1, 0.15) is 26.7 Å². The number of benzene rings is 1. The summed E-state index contributed by atoms with van der Waals surface area (Å²) in [5, 5.41) is 3.12. The monoisotopic (exact) mass is 246 g/mol. The van der Waals surface area contributed by atoms with E-state index in [9.17, 15) is 9.59 Å². The number of nitrogens with one attached hydrogen (secondary N) is 1. The van der Waals surface area contributed by atoms with E-state index in [-0.39, 0.29) is 24.3 Å².